The van der Waals surface area contributed by atoms with Crippen molar-refractivity contribution >= 4 is 5.69 Å². The minimum Gasteiger partial charge on any atom is -0.489 e. The molecule has 0 aromatic heterocycles. The molecule has 0 aliphatic carbocycles. The van der Waals surface area contributed by atoms with Gasteiger partial charge in [0.1, 0.15) is 36.3 Å². The zero-order valence-electron chi connectivity index (χ0n) is 11.0. The molecule has 98 valence electrons. The van der Waals surface area contributed by atoms with Gasteiger partial charge in [0.2, 0.25) is 0 Å². The van der Waals surface area contributed by atoms with E-state index in [-0.39, 0.29) is 11.3 Å². The highest BCUT2D eigenvalue weighted by atomic mass is 16.5. The molecule has 1 aromatic carbocycles. The molecule has 0 radical (unpaired) electrons. The summed E-state index contributed by atoms with van der Waals surface area (Å²) in [5.74, 6) is 0.668. The molecule has 0 unspecified atom stereocenters. The number of benzene rings is 1. The van der Waals surface area contributed by atoms with Crippen LogP contribution in [0.3, 0.4) is 0 Å². The lowest BCUT2D eigenvalue weighted by Crippen LogP contribution is -2.01. The Morgan fingerprint density at radius 1 is 1.15 bits per heavy atom. The maximum atomic E-state index is 8.91. The van der Waals surface area contributed by atoms with Crippen molar-refractivity contribution in [1.29, 1.82) is 15.8 Å². The summed E-state index contributed by atoms with van der Waals surface area (Å²) in [6.45, 7) is 6.04. The van der Waals surface area contributed by atoms with Gasteiger partial charge in [-0.15, -0.1) is 0 Å². The fourth-order valence-corrected chi connectivity index (χ4v) is 1.27. The van der Waals surface area contributed by atoms with E-state index in [1.54, 1.807) is 42.5 Å². The molecule has 20 heavy (non-hydrogen) atoms. The third kappa shape index (κ3) is 4.22. The monoisotopic (exact) mass is 264 g/mol. The zero-order chi connectivity index (χ0) is 15.0. The molecule has 1 rings (SSSR count). The van der Waals surface area contributed by atoms with Crippen LogP contribution < -0.4 is 10.1 Å². The van der Waals surface area contributed by atoms with E-state index in [0.717, 1.165) is 5.57 Å². The highest BCUT2D eigenvalue weighted by molar-refractivity contribution is 5.58. The van der Waals surface area contributed by atoms with Crippen molar-refractivity contribution in [2.75, 3.05) is 11.9 Å². The number of hydrogen-bond donors (Lipinski definition) is 1. The third-order valence-corrected chi connectivity index (χ3v) is 2.19. The van der Waals surface area contributed by atoms with Crippen molar-refractivity contribution in [3.05, 3.63) is 47.7 Å². The Labute approximate surface area is 117 Å². The lowest BCUT2D eigenvalue weighted by Gasteiger charge is -2.08. The normalized spacial score (nSPS) is 8.50. The second kappa shape index (κ2) is 7.26. The van der Waals surface area contributed by atoms with Crippen molar-refractivity contribution in [2.45, 2.75) is 6.92 Å². The molecule has 1 aromatic rings. The quantitative estimate of drug-likeness (QED) is 0.652. The molecule has 0 heterocycles. The first kappa shape index (κ1) is 14.8. The van der Waals surface area contributed by atoms with Crippen LogP contribution in [0, 0.1) is 34.0 Å². The van der Waals surface area contributed by atoms with Gasteiger partial charge in [-0.05, 0) is 36.8 Å². The van der Waals surface area contributed by atoms with E-state index in [1.807, 2.05) is 6.92 Å². The molecule has 0 bridgehead atoms. The lowest BCUT2D eigenvalue weighted by molar-refractivity contribution is 0.353. The van der Waals surface area contributed by atoms with Crippen LogP contribution in [0.25, 0.3) is 0 Å². The second-order valence-electron chi connectivity index (χ2n) is 3.98. The minimum atomic E-state index is -0.255. The molecule has 0 saturated heterocycles. The number of hydrogen-bond acceptors (Lipinski definition) is 5. The van der Waals surface area contributed by atoms with Crippen LogP contribution in [0.2, 0.25) is 0 Å². The smallest absolute Gasteiger partial charge is 0.163 e. The van der Waals surface area contributed by atoms with Crippen LogP contribution >= 0.6 is 0 Å². The van der Waals surface area contributed by atoms with Crippen LogP contribution in [-0.2, 0) is 0 Å². The predicted molar refractivity (Wildman–Crippen MR) is 74.2 cm³/mol. The number of nitriles is 3. The number of anilines is 1. The van der Waals surface area contributed by atoms with Crippen LogP contribution in [0.1, 0.15) is 6.92 Å². The molecule has 1 N–H and O–H groups in total. The summed E-state index contributed by atoms with van der Waals surface area (Å²) in [5.41, 5.74) is 1.17. The topological polar surface area (TPSA) is 92.6 Å². The number of nitrogens with one attached hydrogen (secondary N) is 1. The van der Waals surface area contributed by atoms with Crippen molar-refractivity contribution < 1.29 is 4.74 Å². The van der Waals surface area contributed by atoms with Gasteiger partial charge in [-0.3, -0.25) is 0 Å². The molecular weight excluding hydrogens is 252 g/mol. The van der Waals surface area contributed by atoms with E-state index in [9.17, 15) is 0 Å². The average molecular weight is 264 g/mol. The standard InChI is InChI=1S/C15H12N4O/c1-11(2)10-20-14-5-3-13(4-6-14)19-15(9-18)12(7-16)8-17/h3-6,19H,1,10H2,2H3. The summed E-state index contributed by atoms with van der Waals surface area (Å²) < 4.78 is 5.43. The van der Waals surface area contributed by atoms with Crippen molar-refractivity contribution in [1.82, 2.24) is 0 Å². The molecule has 0 fully saturated rings. The number of nitrogens with zero attached hydrogens (tertiary/aromatic N) is 3. The van der Waals surface area contributed by atoms with E-state index in [4.69, 9.17) is 20.5 Å². The van der Waals surface area contributed by atoms with Crippen molar-refractivity contribution in [2.24, 2.45) is 0 Å². The number of rotatable bonds is 5. The fourth-order valence-electron chi connectivity index (χ4n) is 1.27. The number of ether oxygens (including phenoxy) is 1. The molecule has 0 aliphatic rings. The van der Waals surface area contributed by atoms with Gasteiger partial charge in [-0.25, -0.2) is 0 Å². The Morgan fingerprint density at radius 2 is 1.75 bits per heavy atom. The molecule has 5 heteroatoms. The van der Waals surface area contributed by atoms with E-state index in [1.165, 1.54) is 0 Å². The van der Waals surface area contributed by atoms with Gasteiger partial charge in [0, 0.05) is 5.69 Å². The summed E-state index contributed by atoms with van der Waals surface area (Å²) in [4.78, 5) is 0. The molecule has 0 aliphatic heterocycles. The van der Waals surface area contributed by atoms with Gasteiger partial charge in [-0.1, -0.05) is 6.58 Å². The third-order valence-electron chi connectivity index (χ3n) is 2.19. The second-order valence-corrected chi connectivity index (χ2v) is 3.98. The molecule has 0 amide bonds. The Balaban J connectivity index is 2.83. The molecule has 5 nitrogen and oxygen atoms in total. The van der Waals surface area contributed by atoms with E-state index >= 15 is 0 Å². The molecule has 0 saturated carbocycles. The summed E-state index contributed by atoms with van der Waals surface area (Å²) >= 11 is 0. The molecular formula is C15H12N4O. The zero-order valence-corrected chi connectivity index (χ0v) is 11.0. The fraction of sp³-hybridized carbons (Fsp3) is 0.133. The van der Waals surface area contributed by atoms with E-state index in [0.29, 0.717) is 18.0 Å². The summed E-state index contributed by atoms with van der Waals surface area (Å²) in [6, 6.07) is 11.9. The minimum absolute atomic E-state index is 0.0781. The van der Waals surface area contributed by atoms with Gasteiger partial charge in [0.15, 0.2) is 5.57 Å². The molecule has 0 atom stereocenters. The molecule has 0 spiro atoms. The first-order valence-electron chi connectivity index (χ1n) is 5.69. The van der Waals surface area contributed by atoms with Crippen LogP contribution in [0.4, 0.5) is 5.69 Å². The Kier molecular flexibility index (Phi) is 5.38. The maximum absolute atomic E-state index is 8.91. The van der Waals surface area contributed by atoms with Crippen molar-refractivity contribution in [3.8, 4) is 24.0 Å². The predicted octanol–water partition coefficient (Wildman–Crippen LogP) is 2.88. The largest absolute Gasteiger partial charge is 0.489 e. The van der Waals surface area contributed by atoms with Gasteiger partial charge < -0.3 is 10.1 Å². The Bertz CT molecular complexity index is 635. The van der Waals surface area contributed by atoms with Gasteiger partial charge >= 0.3 is 0 Å². The summed E-state index contributed by atoms with van der Waals surface area (Å²) in [7, 11) is 0. The van der Waals surface area contributed by atoms with Crippen LogP contribution in [-0.4, -0.2) is 6.61 Å². The summed E-state index contributed by atoms with van der Waals surface area (Å²) in [6.07, 6.45) is 0. The average Bonchev–Trinajstić information content (AvgIpc) is 2.46. The van der Waals surface area contributed by atoms with E-state index in [2.05, 4.69) is 11.9 Å². The van der Waals surface area contributed by atoms with E-state index < -0.39 is 0 Å². The SMILES string of the molecule is C=C(C)COc1ccc(NC(C#N)=C(C#N)C#N)cc1. The number of allylic oxidation sites excluding steroid dienone is 2. The highest BCUT2D eigenvalue weighted by Crippen LogP contribution is 2.18. The Morgan fingerprint density at radius 3 is 2.20 bits per heavy atom. The first-order valence-corrected chi connectivity index (χ1v) is 5.69. The van der Waals surface area contributed by atoms with Crippen LogP contribution in [0.15, 0.2) is 47.7 Å². The van der Waals surface area contributed by atoms with Gasteiger partial charge in [-0.2, -0.15) is 15.8 Å². The van der Waals surface area contributed by atoms with Gasteiger partial charge in [0.05, 0.1) is 0 Å². The first-order chi connectivity index (χ1) is 9.60. The lowest BCUT2D eigenvalue weighted by atomic mass is 10.2. The van der Waals surface area contributed by atoms with Crippen LogP contribution in [0.5, 0.6) is 5.75 Å². The summed E-state index contributed by atoms with van der Waals surface area (Å²) in [5, 5.41) is 29.1. The highest BCUT2D eigenvalue weighted by Gasteiger charge is 2.06. The maximum Gasteiger partial charge on any atom is 0.163 e. The van der Waals surface area contributed by atoms with Crippen molar-refractivity contribution in [3.63, 3.8) is 0 Å². The Hall–Kier alpha value is -3.23. The van der Waals surface area contributed by atoms with Gasteiger partial charge in [0.25, 0.3) is 0 Å².